The van der Waals surface area contributed by atoms with Gasteiger partial charge in [-0.15, -0.1) is 0 Å². The van der Waals surface area contributed by atoms with Crippen LogP contribution in [-0.2, 0) is 0 Å². The molecule has 2 rings (SSSR count). The number of hydrogen-bond donors (Lipinski definition) is 0. The van der Waals surface area contributed by atoms with E-state index in [9.17, 15) is 0 Å². The second kappa shape index (κ2) is 10.4. The lowest BCUT2D eigenvalue weighted by Crippen LogP contribution is -2.00. The lowest BCUT2D eigenvalue weighted by Gasteiger charge is -2.05. The van der Waals surface area contributed by atoms with Gasteiger partial charge in [0.2, 0.25) is 0 Å². The van der Waals surface area contributed by atoms with Crippen molar-refractivity contribution in [2.45, 2.75) is 6.92 Å². The van der Waals surface area contributed by atoms with E-state index in [0.717, 1.165) is 22.6 Å². The Morgan fingerprint density at radius 3 is 1.88 bits per heavy atom. The molecular weight excluding hydrogens is 326 g/mol. The molecule has 0 bridgehead atoms. The van der Waals surface area contributed by atoms with E-state index < -0.39 is 0 Å². The third-order valence-corrected chi connectivity index (χ3v) is 3.49. The predicted molar refractivity (Wildman–Crippen MR) is 103 cm³/mol. The molecule has 26 heavy (non-hydrogen) atoms. The largest absolute Gasteiger partial charge is 0.497 e. The third kappa shape index (κ3) is 6.22. The molecule has 0 amide bonds. The predicted octanol–water partition coefficient (Wildman–Crippen LogP) is 3.97. The molecule has 0 spiro atoms. The Balaban J connectivity index is 0.000000273. The van der Waals surface area contributed by atoms with E-state index in [4.69, 9.17) is 20.0 Å². The van der Waals surface area contributed by atoms with Crippen LogP contribution in [0.1, 0.15) is 22.3 Å². The highest BCUT2D eigenvalue weighted by molar-refractivity contribution is 5.59. The molecule has 0 saturated carbocycles. The van der Waals surface area contributed by atoms with Crippen molar-refractivity contribution in [1.29, 1.82) is 10.5 Å². The van der Waals surface area contributed by atoms with Crippen molar-refractivity contribution in [2.24, 2.45) is 0 Å². The summed E-state index contributed by atoms with van der Waals surface area (Å²) in [6.45, 7) is 1.89. The van der Waals surface area contributed by atoms with Gasteiger partial charge in [0.1, 0.15) is 11.5 Å². The molecule has 0 heterocycles. The van der Waals surface area contributed by atoms with Crippen molar-refractivity contribution in [3.63, 3.8) is 0 Å². The van der Waals surface area contributed by atoms with Crippen LogP contribution in [0.5, 0.6) is 11.5 Å². The minimum absolute atomic E-state index is 0.647. The number of nitriles is 2. The Hall–Kier alpha value is -3.44. The van der Waals surface area contributed by atoms with Crippen molar-refractivity contribution in [1.82, 2.24) is 4.90 Å². The number of hydrogen-bond acceptors (Lipinski definition) is 5. The molecule has 2 aromatic carbocycles. The van der Waals surface area contributed by atoms with Crippen molar-refractivity contribution in [2.75, 3.05) is 28.3 Å². The van der Waals surface area contributed by atoms with E-state index in [1.165, 1.54) is 0 Å². The van der Waals surface area contributed by atoms with Gasteiger partial charge in [-0.1, -0.05) is 0 Å². The van der Waals surface area contributed by atoms with Gasteiger partial charge in [0.15, 0.2) is 0 Å². The Kier molecular flexibility index (Phi) is 8.27. The Morgan fingerprint density at radius 1 is 0.885 bits per heavy atom. The van der Waals surface area contributed by atoms with Crippen molar-refractivity contribution in [3.05, 3.63) is 64.9 Å². The smallest absolute Gasteiger partial charge is 0.119 e. The summed E-state index contributed by atoms with van der Waals surface area (Å²) in [6, 6.07) is 15.0. The van der Waals surface area contributed by atoms with Crippen molar-refractivity contribution >= 4 is 6.08 Å². The molecule has 0 radical (unpaired) electrons. The zero-order chi connectivity index (χ0) is 19.5. The number of nitrogens with zero attached hydrogens (tertiary/aromatic N) is 3. The highest BCUT2D eigenvalue weighted by atomic mass is 16.5. The van der Waals surface area contributed by atoms with Gasteiger partial charge >= 0.3 is 0 Å². The molecule has 5 heteroatoms. The molecule has 0 aliphatic rings. The van der Waals surface area contributed by atoms with Crippen LogP contribution in [-0.4, -0.2) is 33.2 Å². The highest BCUT2D eigenvalue weighted by Gasteiger charge is 2.00. The Bertz CT molecular complexity index is 843. The molecule has 0 aliphatic heterocycles. The molecule has 0 aliphatic carbocycles. The molecule has 0 atom stereocenters. The molecule has 0 unspecified atom stereocenters. The van der Waals surface area contributed by atoms with Crippen molar-refractivity contribution in [3.8, 4) is 23.6 Å². The zero-order valence-corrected chi connectivity index (χ0v) is 15.8. The van der Waals surface area contributed by atoms with E-state index >= 15 is 0 Å². The Morgan fingerprint density at radius 2 is 1.42 bits per heavy atom. The lowest BCUT2D eigenvalue weighted by molar-refractivity contribution is 0.414. The summed E-state index contributed by atoms with van der Waals surface area (Å²) in [5, 5.41) is 17.5. The maximum atomic E-state index is 8.91. The third-order valence-electron chi connectivity index (χ3n) is 3.49. The van der Waals surface area contributed by atoms with Gasteiger partial charge in [-0.2, -0.15) is 10.5 Å². The average Bonchev–Trinajstić information content (AvgIpc) is 2.66. The Labute approximate surface area is 155 Å². The van der Waals surface area contributed by atoms with Crippen LogP contribution in [0.2, 0.25) is 0 Å². The molecule has 0 fully saturated rings. The maximum absolute atomic E-state index is 8.91. The van der Waals surface area contributed by atoms with Crippen LogP contribution < -0.4 is 9.47 Å². The number of methoxy groups -OCH3 is 2. The molecule has 0 saturated heterocycles. The quantitative estimate of drug-likeness (QED) is 0.835. The number of ether oxygens (including phenoxy) is 2. The van der Waals surface area contributed by atoms with Crippen LogP contribution in [0.4, 0.5) is 0 Å². The molecule has 5 nitrogen and oxygen atoms in total. The van der Waals surface area contributed by atoms with E-state index in [2.05, 4.69) is 12.1 Å². The summed E-state index contributed by atoms with van der Waals surface area (Å²) in [6.07, 6.45) is 3.79. The van der Waals surface area contributed by atoms with E-state index in [-0.39, 0.29) is 0 Å². The first-order chi connectivity index (χ1) is 12.4. The monoisotopic (exact) mass is 349 g/mol. The lowest BCUT2D eigenvalue weighted by atomic mass is 10.1. The van der Waals surface area contributed by atoms with Gasteiger partial charge in [-0.25, -0.2) is 0 Å². The van der Waals surface area contributed by atoms with Crippen LogP contribution >= 0.6 is 0 Å². The van der Waals surface area contributed by atoms with Gasteiger partial charge in [0.25, 0.3) is 0 Å². The van der Waals surface area contributed by atoms with Gasteiger partial charge in [-0.05, 0) is 66.7 Å². The van der Waals surface area contributed by atoms with Crippen LogP contribution in [0.15, 0.2) is 42.6 Å². The number of benzene rings is 2. The summed E-state index contributed by atoms with van der Waals surface area (Å²) < 4.78 is 10.1. The SMILES string of the molecule is COc1ccc(C#N)c(/C=C/N(C)C)c1.COc1ccc(C#N)c(C)c1. The fourth-order valence-electron chi connectivity index (χ4n) is 2.03. The second-order valence-electron chi connectivity index (χ2n) is 5.64. The summed E-state index contributed by atoms with van der Waals surface area (Å²) in [5.74, 6) is 1.55. The molecular formula is C21H23N3O2. The summed E-state index contributed by atoms with van der Waals surface area (Å²) in [4.78, 5) is 1.92. The normalized spacial score (nSPS) is 9.50. The minimum Gasteiger partial charge on any atom is -0.497 e. The van der Waals surface area contributed by atoms with Crippen LogP contribution in [0, 0.1) is 29.6 Å². The first kappa shape index (κ1) is 20.6. The number of aryl methyl sites for hydroxylation is 1. The van der Waals surface area contributed by atoms with Gasteiger partial charge in [-0.3, -0.25) is 0 Å². The summed E-state index contributed by atoms with van der Waals surface area (Å²) in [7, 11) is 7.09. The number of rotatable bonds is 4. The molecule has 2 aromatic rings. The fourth-order valence-corrected chi connectivity index (χ4v) is 2.03. The zero-order valence-electron chi connectivity index (χ0n) is 15.8. The van der Waals surface area contributed by atoms with Gasteiger partial charge < -0.3 is 14.4 Å². The summed E-state index contributed by atoms with van der Waals surface area (Å²) >= 11 is 0. The average molecular weight is 349 g/mol. The molecule has 0 N–H and O–H groups in total. The van der Waals surface area contributed by atoms with E-state index in [0.29, 0.717) is 11.1 Å². The van der Waals surface area contributed by atoms with E-state index in [1.807, 2.05) is 50.3 Å². The summed E-state index contributed by atoms with van der Waals surface area (Å²) in [5.41, 5.74) is 3.16. The first-order valence-electron chi connectivity index (χ1n) is 7.92. The van der Waals surface area contributed by atoms with Gasteiger partial charge in [0, 0.05) is 14.1 Å². The molecule has 134 valence electrons. The standard InChI is InChI=1S/C12H14N2O.C9H9NO/c1-14(2)7-6-10-8-12(15-3)5-4-11(10)9-13;1-7-5-9(11-2)4-3-8(7)6-10/h4-8H,1-3H3;3-5H,1-2H3/b7-6+;. The maximum Gasteiger partial charge on any atom is 0.119 e. The van der Waals surface area contributed by atoms with E-state index in [1.54, 1.807) is 38.5 Å². The molecule has 0 aromatic heterocycles. The second-order valence-corrected chi connectivity index (χ2v) is 5.64. The van der Waals surface area contributed by atoms with Crippen LogP contribution in [0.25, 0.3) is 6.08 Å². The minimum atomic E-state index is 0.647. The van der Waals surface area contributed by atoms with Crippen molar-refractivity contribution < 1.29 is 9.47 Å². The topological polar surface area (TPSA) is 69.3 Å². The van der Waals surface area contributed by atoms with Gasteiger partial charge in [0.05, 0.1) is 37.5 Å². The highest BCUT2D eigenvalue weighted by Crippen LogP contribution is 2.18. The first-order valence-corrected chi connectivity index (χ1v) is 7.92. The fraction of sp³-hybridized carbons (Fsp3) is 0.238. The van der Waals surface area contributed by atoms with Crippen LogP contribution in [0.3, 0.4) is 0 Å².